The number of rotatable bonds is 7. The average Bonchev–Trinajstić information content (AvgIpc) is 3.82. The number of para-hydroxylation sites is 1. The van der Waals surface area contributed by atoms with Gasteiger partial charge in [0, 0.05) is 44.1 Å². The molecule has 302 valence electrons. The summed E-state index contributed by atoms with van der Waals surface area (Å²) in [5.41, 5.74) is 21.4. The summed E-state index contributed by atoms with van der Waals surface area (Å²) in [7, 11) is 0. The van der Waals surface area contributed by atoms with Crippen LogP contribution in [0.15, 0.2) is 224 Å². The van der Waals surface area contributed by atoms with Crippen molar-refractivity contribution in [3.63, 3.8) is 0 Å². The molecule has 0 saturated heterocycles. The molecule has 0 saturated carbocycles. The van der Waals surface area contributed by atoms with E-state index in [1.807, 2.05) is 0 Å². The zero-order valence-electron chi connectivity index (χ0n) is 35.7. The van der Waals surface area contributed by atoms with E-state index in [4.69, 9.17) is 9.97 Å². The van der Waals surface area contributed by atoms with Crippen LogP contribution in [0.5, 0.6) is 0 Å². The fourth-order valence-corrected chi connectivity index (χ4v) is 9.97. The van der Waals surface area contributed by atoms with Gasteiger partial charge < -0.3 is 4.57 Å². The summed E-state index contributed by atoms with van der Waals surface area (Å²) in [4.78, 5) is 10.4. The zero-order valence-corrected chi connectivity index (χ0v) is 35.7. The molecule has 12 rings (SSSR count). The highest BCUT2D eigenvalue weighted by Gasteiger charge is 2.38. The highest BCUT2D eigenvalue weighted by atomic mass is 15.0. The second kappa shape index (κ2) is 15.0. The maximum absolute atomic E-state index is 5.19. The van der Waals surface area contributed by atoms with Gasteiger partial charge in [0.1, 0.15) is 0 Å². The Morgan fingerprint density at radius 2 is 0.781 bits per heavy atom. The normalized spacial score (nSPS) is 12.7. The standard InChI is InChI=1S/C61H43N3/c1-61(2)51-32-33-57-60(59(51)49-30-28-44(34-52(49)61)46-35-53(40-18-8-3-9-19-40)62-54(36-46)41-20-10-4-11-21-41)50-31-29-45(39-58(50)64(57)48-26-16-7-17-27-48)47-37-55(42-22-12-5-13-23-42)63-56(38-47)43-24-14-6-15-25-43/h3-39H,1-2H3. The van der Waals surface area contributed by atoms with Gasteiger partial charge in [-0.25, -0.2) is 9.97 Å². The Morgan fingerprint density at radius 1 is 0.344 bits per heavy atom. The van der Waals surface area contributed by atoms with Gasteiger partial charge in [0.15, 0.2) is 0 Å². The van der Waals surface area contributed by atoms with E-state index in [-0.39, 0.29) is 5.41 Å². The SMILES string of the molecule is CC1(C)c2cc(-c3cc(-c4ccccc4)nc(-c4ccccc4)c3)ccc2-c2c1ccc1c2c2ccc(-c3cc(-c4ccccc4)nc(-c4ccccc4)c3)cc2n1-c1ccccc1. The molecule has 3 heteroatoms. The van der Waals surface area contributed by atoms with Gasteiger partial charge in [-0.05, 0) is 99.1 Å². The van der Waals surface area contributed by atoms with Gasteiger partial charge in [-0.2, -0.15) is 0 Å². The Bertz CT molecular complexity index is 3420. The molecule has 0 bridgehead atoms. The summed E-state index contributed by atoms with van der Waals surface area (Å²) in [6, 6.07) is 80.7. The zero-order chi connectivity index (χ0) is 42.8. The average molecular weight is 818 g/mol. The summed E-state index contributed by atoms with van der Waals surface area (Å²) in [6.07, 6.45) is 0. The fraction of sp³-hybridized carbons (Fsp3) is 0.0492. The van der Waals surface area contributed by atoms with Gasteiger partial charge in [0.25, 0.3) is 0 Å². The van der Waals surface area contributed by atoms with Gasteiger partial charge in [-0.3, -0.25) is 0 Å². The van der Waals surface area contributed by atoms with Crippen LogP contribution in [-0.4, -0.2) is 14.5 Å². The van der Waals surface area contributed by atoms with Crippen LogP contribution >= 0.6 is 0 Å². The molecule has 0 fully saturated rings. The third kappa shape index (κ3) is 6.28. The van der Waals surface area contributed by atoms with Crippen LogP contribution in [0.1, 0.15) is 25.0 Å². The highest BCUT2D eigenvalue weighted by Crippen LogP contribution is 2.54. The third-order valence-electron chi connectivity index (χ3n) is 13.2. The summed E-state index contributed by atoms with van der Waals surface area (Å²) < 4.78 is 2.46. The topological polar surface area (TPSA) is 30.7 Å². The first kappa shape index (κ1) is 37.6. The first-order valence-electron chi connectivity index (χ1n) is 22.1. The van der Waals surface area contributed by atoms with Crippen molar-refractivity contribution in [1.29, 1.82) is 0 Å². The summed E-state index contributed by atoms with van der Waals surface area (Å²) in [5.74, 6) is 0. The monoisotopic (exact) mass is 817 g/mol. The number of fused-ring (bicyclic) bond motifs is 7. The summed E-state index contributed by atoms with van der Waals surface area (Å²) in [6.45, 7) is 4.77. The fourth-order valence-electron chi connectivity index (χ4n) is 9.97. The quantitative estimate of drug-likeness (QED) is 0.160. The predicted molar refractivity (Wildman–Crippen MR) is 267 cm³/mol. The van der Waals surface area contributed by atoms with Gasteiger partial charge in [0.05, 0.1) is 33.8 Å². The Kier molecular flexibility index (Phi) is 8.84. The minimum absolute atomic E-state index is 0.230. The smallest absolute Gasteiger partial charge is 0.0715 e. The number of aromatic nitrogens is 3. The first-order valence-corrected chi connectivity index (χ1v) is 22.1. The molecule has 0 amide bonds. The lowest BCUT2D eigenvalue weighted by Crippen LogP contribution is -2.15. The minimum atomic E-state index is -0.230. The molecule has 0 aliphatic heterocycles. The molecule has 1 aliphatic carbocycles. The molecule has 3 aromatic heterocycles. The van der Waals surface area contributed by atoms with E-state index in [0.717, 1.165) is 67.4 Å². The van der Waals surface area contributed by atoms with Gasteiger partial charge in [0.2, 0.25) is 0 Å². The number of benzene rings is 8. The molecule has 3 nitrogen and oxygen atoms in total. The van der Waals surface area contributed by atoms with E-state index in [9.17, 15) is 0 Å². The van der Waals surface area contributed by atoms with E-state index in [1.54, 1.807) is 0 Å². The lowest BCUT2D eigenvalue weighted by Gasteiger charge is -2.22. The number of hydrogen-bond acceptors (Lipinski definition) is 2. The number of pyridine rings is 2. The molecule has 8 aromatic carbocycles. The second-order valence-electron chi connectivity index (χ2n) is 17.4. The Labute approximate surface area is 373 Å². The van der Waals surface area contributed by atoms with E-state index >= 15 is 0 Å². The maximum atomic E-state index is 5.19. The van der Waals surface area contributed by atoms with Crippen molar-refractivity contribution >= 4 is 21.8 Å². The molecule has 1 aliphatic rings. The van der Waals surface area contributed by atoms with Crippen molar-refractivity contribution < 1.29 is 0 Å². The van der Waals surface area contributed by atoms with Crippen molar-refractivity contribution in [3.8, 4) is 84.1 Å². The molecule has 0 unspecified atom stereocenters. The van der Waals surface area contributed by atoms with Gasteiger partial charge in [-0.1, -0.05) is 184 Å². The second-order valence-corrected chi connectivity index (χ2v) is 17.4. The molecule has 11 aromatic rings. The van der Waals surface area contributed by atoms with Crippen LogP contribution < -0.4 is 0 Å². The van der Waals surface area contributed by atoms with Crippen LogP contribution in [0, 0.1) is 0 Å². The summed E-state index contributed by atoms with van der Waals surface area (Å²) >= 11 is 0. The van der Waals surface area contributed by atoms with Crippen molar-refractivity contribution in [2.24, 2.45) is 0 Å². The Morgan fingerprint density at radius 3 is 1.27 bits per heavy atom. The van der Waals surface area contributed by atoms with Crippen LogP contribution in [0.4, 0.5) is 0 Å². The maximum Gasteiger partial charge on any atom is 0.0715 e. The number of nitrogens with zero attached hydrogens (tertiary/aromatic N) is 3. The molecule has 64 heavy (non-hydrogen) atoms. The Balaban J connectivity index is 1.05. The molecule has 0 N–H and O–H groups in total. The molecule has 0 atom stereocenters. The lowest BCUT2D eigenvalue weighted by atomic mass is 9.81. The lowest BCUT2D eigenvalue weighted by molar-refractivity contribution is 0.661. The molecule has 0 radical (unpaired) electrons. The first-order chi connectivity index (χ1) is 31.5. The molecule has 0 spiro atoms. The number of hydrogen-bond donors (Lipinski definition) is 0. The predicted octanol–water partition coefficient (Wildman–Crippen LogP) is 15.9. The van der Waals surface area contributed by atoms with Crippen LogP contribution in [0.3, 0.4) is 0 Å². The van der Waals surface area contributed by atoms with E-state index in [1.165, 1.54) is 49.6 Å². The van der Waals surface area contributed by atoms with Crippen molar-refractivity contribution in [2.45, 2.75) is 19.3 Å². The van der Waals surface area contributed by atoms with Crippen LogP contribution in [0.2, 0.25) is 0 Å². The molecular weight excluding hydrogens is 775 g/mol. The third-order valence-corrected chi connectivity index (χ3v) is 13.2. The molecular formula is C61H43N3. The Hall–Kier alpha value is -8.14. The minimum Gasteiger partial charge on any atom is -0.309 e. The van der Waals surface area contributed by atoms with Gasteiger partial charge in [-0.15, -0.1) is 0 Å². The van der Waals surface area contributed by atoms with Gasteiger partial charge >= 0.3 is 0 Å². The highest BCUT2D eigenvalue weighted by molar-refractivity contribution is 6.18. The van der Waals surface area contributed by atoms with Crippen molar-refractivity contribution in [3.05, 3.63) is 236 Å². The van der Waals surface area contributed by atoms with Crippen molar-refractivity contribution in [1.82, 2.24) is 14.5 Å². The van der Waals surface area contributed by atoms with Crippen LogP contribution in [0.25, 0.3) is 106 Å². The van der Waals surface area contributed by atoms with Crippen LogP contribution in [-0.2, 0) is 5.41 Å². The molecule has 3 heterocycles. The van der Waals surface area contributed by atoms with E-state index < -0.39 is 0 Å². The van der Waals surface area contributed by atoms with E-state index in [2.05, 4.69) is 243 Å². The summed E-state index contributed by atoms with van der Waals surface area (Å²) in [5, 5.41) is 2.52. The largest absolute Gasteiger partial charge is 0.309 e. The van der Waals surface area contributed by atoms with Crippen molar-refractivity contribution in [2.75, 3.05) is 0 Å². The van der Waals surface area contributed by atoms with E-state index in [0.29, 0.717) is 0 Å².